The van der Waals surface area contributed by atoms with Gasteiger partial charge in [-0.15, -0.1) is 0 Å². The van der Waals surface area contributed by atoms with Crippen molar-refractivity contribution in [2.75, 3.05) is 13.2 Å². The quantitative estimate of drug-likeness (QED) is 0.0261. The van der Waals surface area contributed by atoms with E-state index in [1.165, 1.54) is 180 Å². The van der Waals surface area contributed by atoms with E-state index in [9.17, 15) is 14.4 Å². The fourth-order valence-electron chi connectivity index (χ4n) is 9.48. The number of esters is 3. The van der Waals surface area contributed by atoms with Crippen LogP contribution in [-0.2, 0) is 28.6 Å². The number of carbonyl (C=O) groups excluding carboxylic acids is 3. The van der Waals surface area contributed by atoms with Gasteiger partial charge in [-0.05, 0) is 77.0 Å². The van der Waals surface area contributed by atoms with E-state index in [0.717, 1.165) is 109 Å². The average Bonchev–Trinajstić information content (AvgIpc) is 3.43. The van der Waals surface area contributed by atoms with Crippen LogP contribution in [0.3, 0.4) is 0 Å². The summed E-state index contributed by atoms with van der Waals surface area (Å²) < 4.78 is 16.8. The molecule has 0 aromatic heterocycles. The van der Waals surface area contributed by atoms with Crippen molar-refractivity contribution >= 4 is 17.9 Å². The Morgan fingerprint density at radius 1 is 0.273 bits per heavy atom. The third-order valence-electron chi connectivity index (χ3n) is 14.4. The predicted octanol–water partition coefficient (Wildman–Crippen LogP) is 22.7. The number of carbonyl (C=O) groups is 3. The van der Waals surface area contributed by atoms with E-state index < -0.39 is 6.10 Å². The molecule has 0 rings (SSSR count). The van der Waals surface area contributed by atoms with Crippen molar-refractivity contribution in [2.24, 2.45) is 0 Å². The van der Waals surface area contributed by atoms with Gasteiger partial charge in [0.15, 0.2) is 6.10 Å². The van der Waals surface area contributed by atoms with Gasteiger partial charge < -0.3 is 14.2 Å². The van der Waals surface area contributed by atoms with E-state index in [2.05, 4.69) is 106 Å². The summed E-state index contributed by atoms with van der Waals surface area (Å²) in [5.74, 6) is -0.919. The molecule has 0 aliphatic rings. The van der Waals surface area contributed by atoms with Gasteiger partial charge in [-0.2, -0.15) is 0 Å². The first kappa shape index (κ1) is 73.6. The van der Waals surface area contributed by atoms with Gasteiger partial charge in [-0.3, -0.25) is 14.4 Å². The minimum atomic E-state index is -0.791. The van der Waals surface area contributed by atoms with Gasteiger partial charge in [0, 0.05) is 19.3 Å². The molecule has 0 aromatic carbocycles. The molecule has 0 saturated heterocycles. The first-order valence-electron chi connectivity index (χ1n) is 33.1. The van der Waals surface area contributed by atoms with Gasteiger partial charge in [0.2, 0.25) is 0 Å². The van der Waals surface area contributed by atoms with Crippen LogP contribution in [0.2, 0.25) is 0 Å². The largest absolute Gasteiger partial charge is 0.462 e. The number of hydrogen-bond acceptors (Lipinski definition) is 6. The van der Waals surface area contributed by atoms with Gasteiger partial charge in [0.05, 0.1) is 0 Å². The summed E-state index contributed by atoms with van der Waals surface area (Å²) in [7, 11) is 0. The van der Waals surface area contributed by atoms with Crippen LogP contribution in [0.1, 0.15) is 329 Å². The second-order valence-corrected chi connectivity index (χ2v) is 22.0. The first-order valence-corrected chi connectivity index (χ1v) is 33.1. The van der Waals surface area contributed by atoms with E-state index in [-0.39, 0.29) is 37.5 Å². The summed E-state index contributed by atoms with van der Waals surface area (Å²) in [4.78, 5) is 38.0. The SMILES string of the molecule is CC/C=C\C/C=C\C/C=C\C/C=C\C/C=C\C/C=C\C/C=C\CCCCCC(=O)OC(COC(=O)CCCCCCCC)COC(=O)CCCCCCCCCCCCCCCCCCCCCCCCCCCCCC. The van der Waals surface area contributed by atoms with Crippen molar-refractivity contribution in [2.45, 2.75) is 335 Å². The molecule has 0 radical (unpaired) electrons. The molecular weight excluding hydrogens is 949 g/mol. The second-order valence-electron chi connectivity index (χ2n) is 22.0. The van der Waals surface area contributed by atoms with E-state index >= 15 is 0 Å². The maximum Gasteiger partial charge on any atom is 0.306 e. The minimum absolute atomic E-state index is 0.0873. The number of ether oxygens (including phenoxy) is 3. The highest BCUT2D eigenvalue weighted by molar-refractivity contribution is 5.71. The molecule has 6 heteroatoms. The molecule has 0 aliphatic heterocycles. The van der Waals surface area contributed by atoms with E-state index in [1.807, 2.05) is 0 Å². The topological polar surface area (TPSA) is 78.9 Å². The van der Waals surface area contributed by atoms with Gasteiger partial charge in [0.1, 0.15) is 13.2 Å². The van der Waals surface area contributed by atoms with Crippen LogP contribution in [0.5, 0.6) is 0 Å². The van der Waals surface area contributed by atoms with Crippen molar-refractivity contribution < 1.29 is 28.6 Å². The lowest BCUT2D eigenvalue weighted by atomic mass is 10.0. The van der Waals surface area contributed by atoms with Crippen LogP contribution in [0.25, 0.3) is 0 Å². The number of allylic oxidation sites excluding steroid dienone is 14. The molecule has 0 bridgehead atoms. The molecule has 0 aliphatic carbocycles. The number of rotatable bonds is 60. The summed E-state index contributed by atoms with van der Waals surface area (Å²) in [5, 5.41) is 0. The van der Waals surface area contributed by atoms with Crippen LogP contribution in [0.15, 0.2) is 85.1 Å². The highest BCUT2D eigenvalue weighted by atomic mass is 16.6. The molecule has 1 unspecified atom stereocenters. The molecule has 0 saturated carbocycles. The Bertz CT molecular complexity index is 1470. The van der Waals surface area contributed by atoms with Crippen molar-refractivity contribution in [1.29, 1.82) is 0 Å². The molecule has 1 atom stereocenters. The zero-order valence-corrected chi connectivity index (χ0v) is 51.0. The monoisotopic (exact) mass is 1070 g/mol. The first-order chi connectivity index (χ1) is 38.0. The molecule has 0 spiro atoms. The second kappa shape index (κ2) is 65.1. The van der Waals surface area contributed by atoms with Gasteiger partial charge >= 0.3 is 17.9 Å². The molecular formula is C71H124O6. The Hall–Kier alpha value is -3.41. The molecule has 0 N–H and O–H groups in total. The van der Waals surface area contributed by atoms with E-state index in [1.54, 1.807) is 0 Å². The Morgan fingerprint density at radius 3 is 0.792 bits per heavy atom. The molecule has 0 aromatic rings. The van der Waals surface area contributed by atoms with Gasteiger partial charge in [-0.1, -0.05) is 318 Å². The molecule has 6 nitrogen and oxygen atoms in total. The number of hydrogen-bond donors (Lipinski definition) is 0. The lowest BCUT2D eigenvalue weighted by molar-refractivity contribution is -0.167. The fourth-order valence-corrected chi connectivity index (χ4v) is 9.48. The predicted molar refractivity (Wildman–Crippen MR) is 334 cm³/mol. The maximum absolute atomic E-state index is 12.8. The zero-order valence-electron chi connectivity index (χ0n) is 51.0. The highest BCUT2D eigenvalue weighted by Gasteiger charge is 2.19. The normalized spacial score (nSPS) is 12.6. The standard InChI is InChI=1S/C71H124O6/c1-4-7-10-13-16-18-20-22-24-26-28-30-32-34-35-36-38-39-41-43-45-47-49-51-53-55-58-61-64-70(73)76-67-68(66-75-69(72)63-60-57-15-12-9-6-3)77-71(74)65-62-59-56-54-52-50-48-46-44-42-40-37-33-31-29-27-25-23-21-19-17-14-11-8-5-2/h8,11,17,19,23,25,29,31,37,40,44,46,50,52,68H,4-7,9-10,12-16,18,20-22,24,26-28,30,32-36,38-39,41-43,45,47-49,51,53-67H2,1-3H3/b11-8-,19-17-,25-23-,31-29-,40-37-,46-44-,52-50-. The molecule has 0 heterocycles. The molecule has 77 heavy (non-hydrogen) atoms. The van der Waals surface area contributed by atoms with Gasteiger partial charge in [0.25, 0.3) is 0 Å². The summed E-state index contributed by atoms with van der Waals surface area (Å²) in [6.07, 6.45) is 86.5. The summed E-state index contributed by atoms with van der Waals surface area (Å²) in [6.45, 7) is 6.47. The van der Waals surface area contributed by atoms with Crippen LogP contribution in [0, 0.1) is 0 Å². The lowest BCUT2D eigenvalue weighted by Gasteiger charge is -2.18. The summed E-state index contributed by atoms with van der Waals surface area (Å²) >= 11 is 0. The van der Waals surface area contributed by atoms with Crippen molar-refractivity contribution in [3.05, 3.63) is 85.1 Å². The highest BCUT2D eigenvalue weighted by Crippen LogP contribution is 2.18. The lowest BCUT2D eigenvalue weighted by Crippen LogP contribution is -2.30. The molecule has 0 amide bonds. The van der Waals surface area contributed by atoms with Gasteiger partial charge in [-0.25, -0.2) is 0 Å². The van der Waals surface area contributed by atoms with Crippen LogP contribution < -0.4 is 0 Å². The van der Waals surface area contributed by atoms with Crippen LogP contribution >= 0.6 is 0 Å². The third kappa shape index (κ3) is 63.3. The van der Waals surface area contributed by atoms with Crippen molar-refractivity contribution in [1.82, 2.24) is 0 Å². The van der Waals surface area contributed by atoms with Crippen molar-refractivity contribution in [3.63, 3.8) is 0 Å². The van der Waals surface area contributed by atoms with E-state index in [4.69, 9.17) is 14.2 Å². The van der Waals surface area contributed by atoms with Crippen molar-refractivity contribution in [3.8, 4) is 0 Å². The van der Waals surface area contributed by atoms with Crippen LogP contribution in [-0.4, -0.2) is 37.2 Å². The molecule has 0 fully saturated rings. The maximum atomic E-state index is 12.8. The fraction of sp³-hybridized carbons (Fsp3) is 0.761. The van der Waals surface area contributed by atoms with Crippen LogP contribution in [0.4, 0.5) is 0 Å². The number of unbranched alkanes of at least 4 members (excludes halogenated alkanes) is 35. The summed E-state index contributed by atoms with van der Waals surface area (Å²) in [5.41, 5.74) is 0. The Kier molecular flexibility index (Phi) is 62.2. The smallest absolute Gasteiger partial charge is 0.306 e. The zero-order chi connectivity index (χ0) is 55.7. The third-order valence-corrected chi connectivity index (χ3v) is 14.4. The van der Waals surface area contributed by atoms with E-state index in [0.29, 0.717) is 12.8 Å². The Labute approximate surface area is 477 Å². The molecule has 444 valence electrons. The Balaban J connectivity index is 4.10. The average molecular weight is 1070 g/mol. The summed E-state index contributed by atoms with van der Waals surface area (Å²) in [6, 6.07) is 0. The minimum Gasteiger partial charge on any atom is -0.462 e. The Morgan fingerprint density at radius 2 is 0.506 bits per heavy atom.